The summed E-state index contributed by atoms with van der Waals surface area (Å²) in [7, 11) is -5.01. The number of hydrogen-bond donors (Lipinski definition) is 1. The smallest absolute Gasteiger partial charge is 0.780 e. The summed E-state index contributed by atoms with van der Waals surface area (Å²) < 4.78 is 15.5. The molecule has 0 bridgehead atoms. The number of phosphoric acid groups is 1. The number of nitrogens with one attached hydrogen (secondary N) is 1. The number of benzene rings is 1. The van der Waals surface area contributed by atoms with E-state index in [0.29, 0.717) is 10.9 Å². The number of phosphoric ester groups is 1. The SMILES string of the molecule is O=P([O-])([O-])Oc1c[nH]c2ccc(Br)cc12.[Na+].[Na+].[Na+].[Na+]. The van der Waals surface area contributed by atoms with Crippen molar-refractivity contribution in [1.82, 2.24) is 4.98 Å². The van der Waals surface area contributed by atoms with E-state index in [4.69, 9.17) is 0 Å². The van der Waals surface area contributed by atoms with Crippen LogP contribution < -0.4 is 133 Å². The molecule has 0 aliphatic carbocycles. The number of aromatic amines is 1. The second-order valence-corrected chi connectivity index (χ2v) is 4.87. The summed E-state index contributed by atoms with van der Waals surface area (Å²) >= 11 is 3.24. The van der Waals surface area contributed by atoms with Gasteiger partial charge in [-0.2, -0.15) is 0 Å². The van der Waals surface area contributed by atoms with Crippen LogP contribution in [0.25, 0.3) is 10.9 Å². The zero-order chi connectivity index (χ0) is 11.1. The van der Waals surface area contributed by atoms with E-state index in [2.05, 4.69) is 25.4 Å². The zero-order valence-corrected chi connectivity index (χ0v) is 21.7. The first-order chi connectivity index (χ1) is 6.96. The van der Waals surface area contributed by atoms with Gasteiger partial charge in [0.05, 0.1) is 0 Å². The normalized spacial score (nSPS) is 9.42. The topological polar surface area (TPSA) is 88.2 Å². The van der Waals surface area contributed by atoms with Gasteiger partial charge >= 0.3 is 118 Å². The molecule has 0 saturated heterocycles. The van der Waals surface area contributed by atoms with Crippen LogP contribution in [0.1, 0.15) is 0 Å². The van der Waals surface area contributed by atoms with Crippen molar-refractivity contribution in [3.63, 3.8) is 0 Å². The third kappa shape index (κ3) is 8.56. The summed E-state index contributed by atoms with van der Waals surface area (Å²) in [5.74, 6) is 0.0135. The summed E-state index contributed by atoms with van der Waals surface area (Å²) in [4.78, 5) is 23.7. The van der Waals surface area contributed by atoms with Gasteiger partial charge in [0.15, 0.2) is 0 Å². The Morgan fingerprint density at radius 2 is 1.74 bits per heavy atom. The third-order valence-electron chi connectivity index (χ3n) is 1.82. The molecular weight excluding hydrogens is 377 g/mol. The van der Waals surface area contributed by atoms with Crippen LogP contribution in [-0.2, 0) is 4.57 Å². The molecule has 0 aliphatic rings. The molecule has 0 atom stereocenters. The number of rotatable bonds is 2. The maximum absolute atomic E-state index is 10.5. The van der Waals surface area contributed by atoms with Crippen molar-refractivity contribution in [3.05, 3.63) is 28.9 Å². The molecule has 1 aromatic heterocycles. The summed E-state index contributed by atoms with van der Waals surface area (Å²) in [6, 6.07) is 5.19. The van der Waals surface area contributed by atoms with Crippen LogP contribution in [0.2, 0.25) is 0 Å². The van der Waals surface area contributed by atoms with Crippen LogP contribution in [0, 0.1) is 0 Å². The number of hydrogen-bond acceptors (Lipinski definition) is 4. The fraction of sp³-hybridized carbons (Fsp3) is 0. The van der Waals surface area contributed by atoms with Gasteiger partial charge in [-0.05, 0) is 18.2 Å². The zero-order valence-electron chi connectivity index (χ0n) is 11.3. The van der Waals surface area contributed by atoms with E-state index in [1.807, 2.05) is 0 Å². The molecule has 19 heavy (non-hydrogen) atoms. The first-order valence-corrected chi connectivity index (χ1v) is 6.19. The van der Waals surface area contributed by atoms with Gasteiger partial charge in [-0.3, -0.25) is 0 Å². The van der Waals surface area contributed by atoms with Gasteiger partial charge in [-0.15, -0.1) is 0 Å². The molecule has 80 valence electrons. The van der Waals surface area contributed by atoms with E-state index < -0.39 is 7.82 Å². The summed E-state index contributed by atoms with van der Waals surface area (Å²) in [6.07, 6.45) is 1.33. The molecule has 0 spiro atoms. The van der Waals surface area contributed by atoms with Crippen molar-refractivity contribution in [2.24, 2.45) is 0 Å². The van der Waals surface area contributed by atoms with E-state index in [-0.39, 0.29) is 124 Å². The van der Waals surface area contributed by atoms with E-state index in [1.165, 1.54) is 6.20 Å². The monoisotopic (exact) mass is 381 g/mol. The predicted octanol–water partition coefficient (Wildman–Crippen LogP) is -10.8. The van der Waals surface area contributed by atoms with E-state index >= 15 is 0 Å². The first kappa shape index (κ1) is 27.1. The van der Waals surface area contributed by atoms with Gasteiger partial charge in [0.1, 0.15) is 13.6 Å². The molecule has 11 heteroatoms. The van der Waals surface area contributed by atoms with Crippen LogP contribution in [0.3, 0.4) is 0 Å². The van der Waals surface area contributed by atoms with Crippen LogP contribution in [0.4, 0.5) is 0 Å². The van der Waals surface area contributed by atoms with Crippen molar-refractivity contribution in [2.45, 2.75) is 0 Å². The van der Waals surface area contributed by atoms with Crippen molar-refractivity contribution < 1.29 is 137 Å². The molecule has 2 aromatic rings. The first-order valence-electron chi connectivity index (χ1n) is 3.94. The number of halogens is 1. The van der Waals surface area contributed by atoms with Crippen molar-refractivity contribution >= 4 is 34.7 Å². The van der Waals surface area contributed by atoms with E-state index in [9.17, 15) is 14.4 Å². The Kier molecular flexibility index (Phi) is 16.6. The molecule has 0 aliphatic heterocycles. The average molecular weight is 382 g/mol. The van der Waals surface area contributed by atoms with Gasteiger partial charge in [-0.1, -0.05) is 15.9 Å². The van der Waals surface area contributed by atoms with Gasteiger partial charge in [0.25, 0.3) is 0 Å². The molecule has 5 nitrogen and oxygen atoms in total. The Labute approximate surface area is 207 Å². The largest absolute Gasteiger partial charge is 1.00 e. The summed E-state index contributed by atoms with van der Waals surface area (Å²) in [6.45, 7) is 0. The molecule has 1 N–H and O–H groups in total. The summed E-state index contributed by atoms with van der Waals surface area (Å²) in [5, 5.41) is 0.538. The Morgan fingerprint density at radius 1 is 1.16 bits per heavy atom. The fourth-order valence-electron chi connectivity index (χ4n) is 1.26. The average Bonchev–Trinajstić information content (AvgIpc) is 2.46. The third-order valence-corrected chi connectivity index (χ3v) is 2.73. The van der Waals surface area contributed by atoms with Gasteiger partial charge < -0.3 is 23.9 Å². The van der Waals surface area contributed by atoms with Crippen LogP contribution in [0.15, 0.2) is 28.9 Å². The fourth-order valence-corrected chi connectivity index (χ4v) is 2.02. The van der Waals surface area contributed by atoms with Crippen molar-refractivity contribution in [3.8, 4) is 5.75 Å². The Morgan fingerprint density at radius 3 is 2.26 bits per heavy atom. The van der Waals surface area contributed by atoms with Gasteiger partial charge in [-0.25, -0.2) is 0 Å². The van der Waals surface area contributed by atoms with Crippen LogP contribution in [0.5, 0.6) is 5.75 Å². The number of H-pyrrole nitrogens is 1. The summed E-state index contributed by atoms with van der Waals surface area (Å²) in [5.41, 5.74) is 0.696. The van der Waals surface area contributed by atoms with Crippen LogP contribution >= 0.6 is 23.8 Å². The number of fused-ring (bicyclic) bond motifs is 1. The van der Waals surface area contributed by atoms with E-state index in [1.54, 1.807) is 18.2 Å². The Balaban J connectivity index is -0.000000640. The van der Waals surface area contributed by atoms with Gasteiger partial charge in [0, 0.05) is 21.6 Å². The predicted molar refractivity (Wildman–Crippen MR) is 54.2 cm³/mol. The molecule has 0 radical (unpaired) electrons. The minimum Gasteiger partial charge on any atom is -0.780 e. The quantitative estimate of drug-likeness (QED) is 0.413. The van der Waals surface area contributed by atoms with Crippen molar-refractivity contribution in [2.75, 3.05) is 0 Å². The second kappa shape index (κ2) is 11.7. The molecule has 1 aromatic carbocycles. The maximum atomic E-state index is 10.5. The molecule has 0 saturated carbocycles. The molecule has 0 fully saturated rings. The maximum Gasteiger partial charge on any atom is 1.00 e. The molecule has 0 unspecified atom stereocenters. The minimum absolute atomic E-state index is 0. The minimum atomic E-state index is -5.01. The number of aromatic nitrogens is 1. The molecular formula is C8H5BrNNa4O4P+2. The standard InChI is InChI=1S/C8H7BrNO4P.4Na/c9-5-1-2-7-6(3-5)8(4-10-7)14-15(11,12)13;;;;/h1-4,10H,(H2,11,12,13);;;;/q;4*+1/p-2. The Bertz CT molecular complexity index is 561. The van der Waals surface area contributed by atoms with Crippen LogP contribution in [-0.4, -0.2) is 4.98 Å². The Hall–Kier alpha value is 3.19. The molecule has 2 rings (SSSR count). The molecule has 1 heterocycles. The molecule has 0 amide bonds. The van der Waals surface area contributed by atoms with E-state index in [0.717, 1.165) is 4.47 Å². The van der Waals surface area contributed by atoms with Gasteiger partial charge in [0.2, 0.25) is 0 Å². The second-order valence-electron chi connectivity index (χ2n) is 2.88. The van der Waals surface area contributed by atoms with Crippen molar-refractivity contribution in [1.29, 1.82) is 0 Å².